The van der Waals surface area contributed by atoms with Gasteiger partial charge in [-0.1, -0.05) is 6.07 Å². The molecule has 0 bridgehead atoms. The van der Waals surface area contributed by atoms with Gasteiger partial charge in [0.25, 0.3) is 0 Å². The van der Waals surface area contributed by atoms with E-state index in [9.17, 15) is 9.59 Å². The number of likely N-dealkylation sites (N-methyl/N-ethyl adjacent to an activating group) is 1. The molecule has 0 saturated carbocycles. The zero-order valence-corrected chi connectivity index (χ0v) is 11.3. The van der Waals surface area contributed by atoms with Gasteiger partial charge in [-0.05, 0) is 50.4 Å². The second-order valence-electron chi connectivity index (χ2n) is 4.53. The average molecular weight is 262 g/mol. The molecule has 0 radical (unpaired) electrons. The molecule has 0 aliphatic heterocycles. The SMILES string of the molecule is Cc1cc(/C=C/C(=O)O)ccc1NC(=O)CN(C)C. The first kappa shape index (κ1) is 14.9. The number of carbonyl (C=O) groups excluding carboxylic acids is 1. The maximum atomic E-state index is 11.6. The summed E-state index contributed by atoms with van der Waals surface area (Å²) in [6, 6.07) is 5.35. The summed E-state index contributed by atoms with van der Waals surface area (Å²) in [5.41, 5.74) is 2.41. The summed E-state index contributed by atoms with van der Waals surface area (Å²) in [5, 5.41) is 11.4. The summed E-state index contributed by atoms with van der Waals surface area (Å²) in [6.45, 7) is 2.18. The lowest BCUT2D eigenvalue weighted by molar-refractivity contribution is -0.131. The summed E-state index contributed by atoms with van der Waals surface area (Å²) in [5.74, 6) is -1.07. The number of anilines is 1. The molecule has 1 amide bonds. The van der Waals surface area contributed by atoms with Crippen LogP contribution in [0.5, 0.6) is 0 Å². The zero-order valence-electron chi connectivity index (χ0n) is 11.3. The van der Waals surface area contributed by atoms with Gasteiger partial charge in [-0.3, -0.25) is 4.79 Å². The number of carboxylic acids is 1. The quantitative estimate of drug-likeness (QED) is 0.791. The van der Waals surface area contributed by atoms with Crippen molar-refractivity contribution in [2.45, 2.75) is 6.92 Å². The number of nitrogens with zero attached hydrogens (tertiary/aromatic N) is 1. The van der Waals surface area contributed by atoms with E-state index in [0.29, 0.717) is 6.54 Å². The Morgan fingerprint density at radius 2 is 2.05 bits per heavy atom. The molecule has 102 valence electrons. The summed E-state index contributed by atoms with van der Waals surface area (Å²) in [7, 11) is 3.65. The molecule has 5 nitrogen and oxygen atoms in total. The van der Waals surface area contributed by atoms with E-state index in [2.05, 4.69) is 5.32 Å². The number of aryl methyl sites for hydroxylation is 1. The number of aliphatic carboxylic acids is 1. The molecule has 0 atom stereocenters. The number of hydrogen-bond acceptors (Lipinski definition) is 3. The van der Waals surface area contributed by atoms with Crippen LogP contribution in [0.1, 0.15) is 11.1 Å². The predicted octanol–water partition coefficient (Wildman–Crippen LogP) is 1.59. The number of benzene rings is 1. The Morgan fingerprint density at radius 1 is 1.37 bits per heavy atom. The zero-order chi connectivity index (χ0) is 14.4. The Labute approximate surface area is 112 Å². The minimum atomic E-state index is -0.985. The minimum Gasteiger partial charge on any atom is -0.478 e. The number of amides is 1. The highest BCUT2D eigenvalue weighted by Gasteiger charge is 2.05. The molecule has 1 aromatic rings. The third-order valence-electron chi connectivity index (χ3n) is 2.40. The molecule has 1 rings (SSSR count). The van der Waals surface area contributed by atoms with E-state index in [4.69, 9.17) is 5.11 Å². The molecule has 1 aromatic carbocycles. The topological polar surface area (TPSA) is 69.6 Å². The van der Waals surface area contributed by atoms with Crippen molar-refractivity contribution in [1.82, 2.24) is 4.90 Å². The van der Waals surface area contributed by atoms with Crippen LogP contribution in [0.25, 0.3) is 6.08 Å². The third-order valence-corrected chi connectivity index (χ3v) is 2.40. The van der Waals surface area contributed by atoms with Crippen LogP contribution in [0.2, 0.25) is 0 Å². The normalized spacial score (nSPS) is 10.9. The van der Waals surface area contributed by atoms with Gasteiger partial charge in [-0.2, -0.15) is 0 Å². The first-order chi connectivity index (χ1) is 8.88. The summed E-state index contributed by atoms with van der Waals surface area (Å²) in [6.07, 6.45) is 2.60. The molecule has 0 spiro atoms. The van der Waals surface area contributed by atoms with Gasteiger partial charge in [-0.15, -0.1) is 0 Å². The van der Waals surface area contributed by atoms with Crippen LogP contribution in [-0.4, -0.2) is 42.5 Å². The molecule has 0 aromatic heterocycles. The maximum Gasteiger partial charge on any atom is 0.328 e. The molecular weight excluding hydrogens is 244 g/mol. The van der Waals surface area contributed by atoms with Crippen molar-refractivity contribution in [1.29, 1.82) is 0 Å². The monoisotopic (exact) mass is 262 g/mol. The molecule has 0 fully saturated rings. The Hall–Kier alpha value is -2.14. The Kier molecular flexibility index (Phi) is 5.26. The molecule has 0 unspecified atom stereocenters. The van der Waals surface area contributed by atoms with Gasteiger partial charge in [0.2, 0.25) is 5.91 Å². The third kappa shape index (κ3) is 5.35. The van der Waals surface area contributed by atoms with Crippen LogP contribution in [-0.2, 0) is 9.59 Å². The lowest BCUT2D eigenvalue weighted by atomic mass is 10.1. The molecular formula is C14H18N2O3. The Balaban J connectivity index is 2.77. The van der Waals surface area contributed by atoms with Crippen LogP contribution < -0.4 is 5.32 Å². The molecule has 0 heterocycles. The van der Waals surface area contributed by atoms with E-state index < -0.39 is 5.97 Å². The van der Waals surface area contributed by atoms with E-state index in [1.54, 1.807) is 17.0 Å². The van der Waals surface area contributed by atoms with Gasteiger partial charge in [0.1, 0.15) is 0 Å². The highest BCUT2D eigenvalue weighted by Crippen LogP contribution is 2.17. The van der Waals surface area contributed by atoms with Crippen molar-refractivity contribution in [2.24, 2.45) is 0 Å². The second kappa shape index (κ2) is 6.70. The fraction of sp³-hybridized carbons (Fsp3) is 0.286. The standard InChI is InChI=1S/C14H18N2O3/c1-10-8-11(5-7-14(18)19)4-6-12(10)15-13(17)9-16(2)3/h4-8H,9H2,1-3H3,(H,15,17)(H,18,19)/b7-5+. The molecule has 0 saturated heterocycles. The van der Waals surface area contributed by atoms with Crippen molar-refractivity contribution < 1.29 is 14.7 Å². The van der Waals surface area contributed by atoms with E-state index in [1.807, 2.05) is 27.1 Å². The molecule has 0 aliphatic carbocycles. The predicted molar refractivity (Wildman–Crippen MR) is 75.0 cm³/mol. The van der Waals surface area contributed by atoms with Gasteiger partial charge >= 0.3 is 5.97 Å². The van der Waals surface area contributed by atoms with Crippen molar-refractivity contribution in [2.75, 3.05) is 26.0 Å². The van der Waals surface area contributed by atoms with Gasteiger partial charge in [0.05, 0.1) is 6.54 Å². The average Bonchev–Trinajstić information content (AvgIpc) is 2.28. The van der Waals surface area contributed by atoms with Gasteiger partial charge in [-0.25, -0.2) is 4.79 Å². The molecule has 5 heteroatoms. The van der Waals surface area contributed by atoms with Crippen LogP contribution in [0, 0.1) is 6.92 Å². The van der Waals surface area contributed by atoms with E-state index in [-0.39, 0.29) is 5.91 Å². The van der Waals surface area contributed by atoms with E-state index in [1.165, 1.54) is 6.08 Å². The number of hydrogen-bond donors (Lipinski definition) is 2. The van der Waals surface area contributed by atoms with Crippen LogP contribution in [0.3, 0.4) is 0 Å². The van der Waals surface area contributed by atoms with Crippen LogP contribution in [0.4, 0.5) is 5.69 Å². The maximum absolute atomic E-state index is 11.6. The van der Waals surface area contributed by atoms with Crippen molar-refractivity contribution in [3.05, 3.63) is 35.4 Å². The fourth-order valence-corrected chi connectivity index (χ4v) is 1.58. The first-order valence-corrected chi connectivity index (χ1v) is 5.84. The lowest BCUT2D eigenvalue weighted by Crippen LogP contribution is -2.27. The fourth-order valence-electron chi connectivity index (χ4n) is 1.58. The number of carboxylic acid groups (broad SMARTS) is 1. The summed E-state index contributed by atoms with van der Waals surface area (Å²) >= 11 is 0. The highest BCUT2D eigenvalue weighted by atomic mass is 16.4. The first-order valence-electron chi connectivity index (χ1n) is 5.84. The summed E-state index contributed by atoms with van der Waals surface area (Å²) < 4.78 is 0. The number of carbonyl (C=O) groups is 2. The van der Waals surface area contributed by atoms with Crippen molar-refractivity contribution in [3.8, 4) is 0 Å². The second-order valence-corrected chi connectivity index (χ2v) is 4.53. The Bertz CT molecular complexity index is 507. The number of nitrogens with one attached hydrogen (secondary N) is 1. The van der Waals surface area contributed by atoms with E-state index >= 15 is 0 Å². The molecule has 19 heavy (non-hydrogen) atoms. The van der Waals surface area contributed by atoms with Gasteiger partial charge in [0, 0.05) is 11.8 Å². The summed E-state index contributed by atoms with van der Waals surface area (Å²) in [4.78, 5) is 23.8. The minimum absolute atomic E-state index is 0.0815. The Morgan fingerprint density at radius 3 is 2.58 bits per heavy atom. The number of rotatable bonds is 5. The highest BCUT2D eigenvalue weighted by molar-refractivity contribution is 5.93. The van der Waals surface area contributed by atoms with E-state index in [0.717, 1.165) is 22.9 Å². The van der Waals surface area contributed by atoms with Crippen LogP contribution in [0.15, 0.2) is 24.3 Å². The van der Waals surface area contributed by atoms with Crippen LogP contribution >= 0.6 is 0 Å². The smallest absolute Gasteiger partial charge is 0.328 e. The van der Waals surface area contributed by atoms with Crippen molar-refractivity contribution in [3.63, 3.8) is 0 Å². The largest absolute Gasteiger partial charge is 0.478 e. The van der Waals surface area contributed by atoms with Gasteiger partial charge in [0.15, 0.2) is 0 Å². The van der Waals surface area contributed by atoms with Gasteiger partial charge < -0.3 is 15.3 Å². The lowest BCUT2D eigenvalue weighted by Gasteiger charge is -2.12. The van der Waals surface area contributed by atoms with Crippen molar-refractivity contribution >= 4 is 23.6 Å². The molecule has 0 aliphatic rings. The molecule has 2 N–H and O–H groups in total.